The van der Waals surface area contributed by atoms with Gasteiger partial charge in [-0.25, -0.2) is 0 Å². The van der Waals surface area contributed by atoms with Gasteiger partial charge in [0.2, 0.25) is 0 Å². The second-order valence-corrected chi connectivity index (χ2v) is 5.22. The van der Waals surface area contributed by atoms with Crippen LogP contribution in [0.1, 0.15) is 50.8 Å². The van der Waals surface area contributed by atoms with Crippen LogP contribution in [0.25, 0.3) is 0 Å². The predicted molar refractivity (Wildman–Crippen MR) is 76.2 cm³/mol. The van der Waals surface area contributed by atoms with Crippen LogP contribution in [0, 0.1) is 0 Å². The van der Waals surface area contributed by atoms with Crippen molar-refractivity contribution >= 4 is 5.69 Å². The molecule has 0 aliphatic heterocycles. The first kappa shape index (κ1) is 14.3. The molecule has 0 bridgehead atoms. The number of nitrogens with zero attached hydrogens (tertiary/aromatic N) is 2. The summed E-state index contributed by atoms with van der Waals surface area (Å²) in [5, 5.41) is 18.8. The monoisotopic (exact) mass is 264 g/mol. The fourth-order valence-corrected chi connectivity index (χ4v) is 2.44. The van der Waals surface area contributed by atoms with Crippen LogP contribution in [0.5, 0.6) is 0 Å². The highest BCUT2D eigenvalue weighted by Crippen LogP contribution is 2.29. The van der Waals surface area contributed by atoms with E-state index in [1.807, 2.05) is 25.3 Å². The molecule has 0 saturated heterocycles. The summed E-state index contributed by atoms with van der Waals surface area (Å²) in [5.41, 5.74) is 1.84. The fourth-order valence-electron chi connectivity index (χ4n) is 2.44. The molecule has 1 heterocycles. The van der Waals surface area contributed by atoms with E-state index in [0.717, 1.165) is 24.3 Å². The zero-order valence-corrected chi connectivity index (χ0v) is 11.6. The molecule has 4 heteroatoms. The Bertz CT molecular complexity index is 376. The van der Waals surface area contributed by atoms with Gasteiger partial charge >= 0.3 is 0 Å². The summed E-state index contributed by atoms with van der Waals surface area (Å²) < 4.78 is 0. The first-order valence-electron chi connectivity index (χ1n) is 7.27. The minimum absolute atomic E-state index is 0.225. The van der Waals surface area contributed by atoms with Crippen molar-refractivity contribution in [3.8, 4) is 0 Å². The Kier molecular flexibility index (Phi) is 5.16. The average molecular weight is 264 g/mol. The molecule has 0 radical (unpaired) electrons. The number of aliphatic hydroxyl groups is 2. The lowest BCUT2D eigenvalue weighted by Gasteiger charge is -2.39. The molecule has 106 valence electrons. The fraction of sp³-hybridized carbons (Fsp3) is 0.667. The van der Waals surface area contributed by atoms with Gasteiger partial charge in [0.25, 0.3) is 0 Å². The van der Waals surface area contributed by atoms with Crippen LogP contribution in [0.4, 0.5) is 5.69 Å². The lowest BCUT2D eigenvalue weighted by Crippen LogP contribution is -2.41. The number of hydrogen-bond donors (Lipinski definition) is 2. The Morgan fingerprint density at radius 1 is 1.42 bits per heavy atom. The third-order valence-corrected chi connectivity index (χ3v) is 3.90. The van der Waals surface area contributed by atoms with E-state index in [1.165, 1.54) is 19.3 Å². The maximum atomic E-state index is 9.76. The summed E-state index contributed by atoms with van der Waals surface area (Å²) in [5.74, 6) is 0. The Hall–Kier alpha value is -1.13. The molecule has 0 spiro atoms. The first-order valence-corrected chi connectivity index (χ1v) is 7.27. The highest BCUT2D eigenvalue weighted by atomic mass is 16.3. The van der Waals surface area contributed by atoms with Gasteiger partial charge in [-0.2, -0.15) is 0 Å². The quantitative estimate of drug-likeness (QED) is 0.793. The molecule has 0 amide bonds. The SMILES string of the molecule is CC[C@@H](O)c1ccc(N(CCCO)C2CCC2)cn1. The van der Waals surface area contributed by atoms with Crippen LogP contribution in [0.2, 0.25) is 0 Å². The van der Waals surface area contributed by atoms with Crippen molar-refractivity contribution in [2.24, 2.45) is 0 Å². The Morgan fingerprint density at radius 3 is 2.68 bits per heavy atom. The van der Waals surface area contributed by atoms with E-state index in [4.69, 9.17) is 5.11 Å². The van der Waals surface area contributed by atoms with Crippen molar-refractivity contribution in [2.45, 2.75) is 51.2 Å². The van der Waals surface area contributed by atoms with Gasteiger partial charge in [-0.1, -0.05) is 6.92 Å². The molecular formula is C15H24N2O2. The van der Waals surface area contributed by atoms with E-state index >= 15 is 0 Å². The van der Waals surface area contributed by atoms with E-state index in [0.29, 0.717) is 12.5 Å². The van der Waals surface area contributed by atoms with E-state index < -0.39 is 6.10 Å². The number of aliphatic hydroxyl groups excluding tert-OH is 2. The Labute approximate surface area is 115 Å². The zero-order valence-electron chi connectivity index (χ0n) is 11.6. The lowest BCUT2D eigenvalue weighted by molar-refractivity contribution is 0.169. The predicted octanol–water partition coefficient (Wildman–Crippen LogP) is 2.27. The van der Waals surface area contributed by atoms with Crippen molar-refractivity contribution in [1.29, 1.82) is 0 Å². The lowest BCUT2D eigenvalue weighted by atomic mass is 9.91. The molecule has 2 rings (SSSR count). The molecule has 2 N–H and O–H groups in total. The minimum atomic E-state index is -0.469. The van der Waals surface area contributed by atoms with E-state index in [9.17, 15) is 5.11 Å². The van der Waals surface area contributed by atoms with Crippen LogP contribution in [-0.2, 0) is 0 Å². The molecule has 1 aromatic heterocycles. The largest absolute Gasteiger partial charge is 0.396 e. The summed E-state index contributed by atoms with van der Waals surface area (Å²) in [6, 6.07) is 4.54. The number of anilines is 1. The van der Waals surface area contributed by atoms with Gasteiger partial charge in [-0.05, 0) is 44.2 Å². The van der Waals surface area contributed by atoms with Crippen LogP contribution >= 0.6 is 0 Å². The van der Waals surface area contributed by atoms with Crippen molar-refractivity contribution in [2.75, 3.05) is 18.1 Å². The molecule has 1 fully saturated rings. The van der Waals surface area contributed by atoms with Crippen molar-refractivity contribution in [3.05, 3.63) is 24.0 Å². The molecule has 1 aromatic rings. The Morgan fingerprint density at radius 2 is 2.21 bits per heavy atom. The van der Waals surface area contributed by atoms with Gasteiger partial charge in [-0.15, -0.1) is 0 Å². The van der Waals surface area contributed by atoms with Gasteiger partial charge in [0, 0.05) is 19.2 Å². The summed E-state index contributed by atoms with van der Waals surface area (Å²) in [7, 11) is 0. The van der Waals surface area contributed by atoms with Crippen LogP contribution < -0.4 is 4.90 Å². The van der Waals surface area contributed by atoms with Crippen molar-refractivity contribution in [1.82, 2.24) is 4.98 Å². The number of hydrogen-bond acceptors (Lipinski definition) is 4. The Balaban J connectivity index is 2.07. The maximum Gasteiger partial charge on any atom is 0.0957 e. The maximum absolute atomic E-state index is 9.76. The molecule has 19 heavy (non-hydrogen) atoms. The number of rotatable bonds is 7. The van der Waals surface area contributed by atoms with Crippen molar-refractivity contribution in [3.63, 3.8) is 0 Å². The van der Waals surface area contributed by atoms with Crippen LogP contribution in [0.3, 0.4) is 0 Å². The van der Waals surface area contributed by atoms with Gasteiger partial charge in [0.05, 0.1) is 23.7 Å². The van der Waals surface area contributed by atoms with E-state index in [1.54, 1.807) is 0 Å². The third kappa shape index (κ3) is 3.45. The number of pyridine rings is 1. The van der Waals surface area contributed by atoms with Gasteiger partial charge in [-0.3, -0.25) is 4.98 Å². The molecule has 1 atom stereocenters. The molecule has 1 saturated carbocycles. The first-order chi connectivity index (χ1) is 9.26. The smallest absolute Gasteiger partial charge is 0.0957 e. The normalized spacial score (nSPS) is 17.0. The van der Waals surface area contributed by atoms with Gasteiger partial charge in [0.15, 0.2) is 0 Å². The average Bonchev–Trinajstić information content (AvgIpc) is 2.40. The molecule has 0 unspecified atom stereocenters. The van der Waals surface area contributed by atoms with Gasteiger partial charge in [0.1, 0.15) is 0 Å². The highest BCUT2D eigenvalue weighted by Gasteiger charge is 2.25. The molecule has 4 nitrogen and oxygen atoms in total. The third-order valence-electron chi connectivity index (χ3n) is 3.90. The molecular weight excluding hydrogens is 240 g/mol. The summed E-state index contributed by atoms with van der Waals surface area (Å²) in [4.78, 5) is 6.71. The summed E-state index contributed by atoms with van der Waals surface area (Å²) in [6.45, 7) is 3.05. The topological polar surface area (TPSA) is 56.6 Å². The zero-order chi connectivity index (χ0) is 13.7. The highest BCUT2D eigenvalue weighted by molar-refractivity contribution is 5.46. The van der Waals surface area contributed by atoms with E-state index in [-0.39, 0.29) is 6.61 Å². The van der Waals surface area contributed by atoms with E-state index in [2.05, 4.69) is 9.88 Å². The summed E-state index contributed by atoms with van der Waals surface area (Å²) >= 11 is 0. The standard InChI is InChI=1S/C15H24N2O2/c1-2-15(19)14-8-7-13(11-16-14)17(9-4-10-18)12-5-3-6-12/h7-8,11-12,15,18-19H,2-6,9-10H2,1H3/t15-/m1/s1. The second-order valence-electron chi connectivity index (χ2n) is 5.22. The molecule has 1 aliphatic rings. The minimum Gasteiger partial charge on any atom is -0.396 e. The second kappa shape index (κ2) is 6.87. The van der Waals surface area contributed by atoms with Crippen LogP contribution in [0.15, 0.2) is 18.3 Å². The number of aromatic nitrogens is 1. The van der Waals surface area contributed by atoms with Crippen LogP contribution in [-0.4, -0.2) is 34.4 Å². The molecule has 1 aliphatic carbocycles. The van der Waals surface area contributed by atoms with Gasteiger partial charge < -0.3 is 15.1 Å². The van der Waals surface area contributed by atoms with Crippen molar-refractivity contribution < 1.29 is 10.2 Å². The molecule has 0 aromatic carbocycles. The summed E-state index contributed by atoms with van der Waals surface area (Å²) in [6.07, 6.45) is 6.60.